The molecule has 6 rings (SSSR count). The van der Waals surface area contributed by atoms with E-state index in [1.165, 1.54) is 17.3 Å². The van der Waals surface area contributed by atoms with Crippen molar-refractivity contribution in [2.24, 2.45) is 5.92 Å². The Morgan fingerprint density at radius 3 is 3.10 bits per heavy atom. The van der Waals surface area contributed by atoms with E-state index in [0.717, 1.165) is 44.8 Å². The van der Waals surface area contributed by atoms with Gasteiger partial charge in [-0.3, -0.25) is 9.89 Å². The Labute approximate surface area is 177 Å². The highest BCUT2D eigenvalue weighted by Crippen LogP contribution is 2.47. The Balaban J connectivity index is 1.32. The first-order valence-corrected chi connectivity index (χ1v) is 11.0. The number of hydrogen-bond donors (Lipinski definition) is 3. The molecule has 0 spiro atoms. The van der Waals surface area contributed by atoms with Crippen LogP contribution in [0.1, 0.15) is 42.1 Å². The minimum Gasteiger partial charge on any atom is -0.454 e. The van der Waals surface area contributed by atoms with Gasteiger partial charge < -0.3 is 14.7 Å². The van der Waals surface area contributed by atoms with Crippen LogP contribution in [-0.2, 0) is 4.79 Å². The molecule has 1 aliphatic heterocycles. The average Bonchev–Trinajstić information content (AvgIpc) is 3.45. The van der Waals surface area contributed by atoms with Crippen molar-refractivity contribution in [2.75, 3.05) is 5.32 Å². The van der Waals surface area contributed by atoms with Gasteiger partial charge in [0.05, 0.1) is 23.1 Å². The van der Waals surface area contributed by atoms with E-state index in [1.54, 1.807) is 0 Å². The molecule has 0 saturated heterocycles. The summed E-state index contributed by atoms with van der Waals surface area (Å²) in [5, 5.41) is 12.4. The van der Waals surface area contributed by atoms with E-state index in [4.69, 9.17) is 4.42 Å². The Kier molecular flexibility index (Phi) is 4.02. The number of rotatable bonds is 3. The lowest BCUT2D eigenvalue weighted by Gasteiger charge is -2.40. The second-order valence-corrected chi connectivity index (χ2v) is 9.19. The highest BCUT2D eigenvalue weighted by atomic mass is 32.2. The van der Waals surface area contributed by atoms with Gasteiger partial charge in [-0.15, -0.1) is 0 Å². The normalized spacial score (nSPS) is 23.2. The number of aryl methyl sites for hydroxylation is 1. The molecule has 1 fully saturated rings. The number of anilines is 1. The number of aromatic nitrogens is 4. The summed E-state index contributed by atoms with van der Waals surface area (Å²) in [6.07, 6.45) is 3.90. The summed E-state index contributed by atoms with van der Waals surface area (Å²) in [6, 6.07) is 10.4. The number of nitrogens with zero attached hydrogens (tertiary/aromatic N) is 2. The average molecular weight is 420 g/mol. The van der Waals surface area contributed by atoms with Crippen molar-refractivity contribution in [3.8, 4) is 0 Å². The van der Waals surface area contributed by atoms with E-state index < -0.39 is 0 Å². The smallest absolute Gasteiger partial charge is 0.174 e. The molecule has 3 atom stereocenters. The molecule has 8 heteroatoms. The van der Waals surface area contributed by atoms with Gasteiger partial charge in [0.25, 0.3) is 0 Å². The fourth-order valence-electron chi connectivity index (χ4n) is 4.79. The molecule has 0 bridgehead atoms. The van der Waals surface area contributed by atoms with Crippen LogP contribution in [0, 0.1) is 12.8 Å². The number of hydrogen-bond acceptors (Lipinski definition) is 6. The molecular formula is C22H21N5O2S. The maximum absolute atomic E-state index is 12.2. The molecule has 3 unspecified atom stereocenters. The molecule has 1 saturated carbocycles. The van der Waals surface area contributed by atoms with Crippen LogP contribution in [0.25, 0.3) is 11.0 Å². The van der Waals surface area contributed by atoms with Gasteiger partial charge in [0.1, 0.15) is 17.4 Å². The highest BCUT2D eigenvalue weighted by molar-refractivity contribution is 7.99. The summed E-state index contributed by atoms with van der Waals surface area (Å²) in [5.74, 6) is 2.33. The third kappa shape index (κ3) is 2.94. The number of carbonyl (C=O) groups is 1. The molecule has 3 aromatic heterocycles. The maximum Gasteiger partial charge on any atom is 0.174 e. The van der Waals surface area contributed by atoms with Crippen LogP contribution in [0.5, 0.6) is 0 Å². The topological polar surface area (TPSA) is 99.6 Å². The lowest BCUT2D eigenvalue weighted by molar-refractivity contribution is -0.122. The first kappa shape index (κ1) is 17.8. The number of carbonyl (C=O) groups excluding carboxylic acids is 1. The summed E-state index contributed by atoms with van der Waals surface area (Å²) in [6.45, 7) is 2.07. The Morgan fingerprint density at radius 1 is 1.23 bits per heavy atom. The van der Waals surface area contributed by atoms with Gasteiger partial charge in [-0.05, 0) is 54.9 Å². The maximum atomic E-state index is 12.2. The van der Waals surface area contributed by atoms with Crippen LogP contribution >= 0.6 is 11.8 Å². The van der Waals surface area contributed by atoms with Crippen LogP contribution in [0.4, 0.5) is 5.82 Å². The van der Waals surface area contributed by atoms with Crippen molar-refractivity contribution < 1.29 is 9.21 Å². The predicted molar refractivity (Wildman–Crippen MR) is 114 cm³/mol. The van der Waals surface area contributed by atoms with E-state index in [9.17, 15) is 4.79 Å². The monoisotopic (exact) mass is 419 g/mol. The predicted octanol–water partition coefficient (Wildman–Crippen LogP) is 4.63. The molecule has 30 heavy (non-hydrogen) atoms. The number of aromatic amines is 2. The largest absolute Gasteiger partial charge is 0.454 e. The zero-order valence-electron chi connectivity index (χ0n) is 16.4. The molecule has 2 aliphatic rings. The molecule has 0 radical (unpaired) electrons. The van der Waals surface area contributed by atoms with Gasteiger partial charge in [0.2, 0.25) is 0 Å². The summed E-state index contributed by atoms with van der Waals surface area (Å²) in [4.78, 5) is 20.2. The van der Waals surface area contributed by atoms with E-state index in [1.807, 2.05) is 24.4 Å². The highest BCUT2D eigenvalue weighted by Gasteiger charge is 2.43. The van der Waals surface area contributed by atoms with Crippen molar-refractivity contribution in [3.05, 3.63) is 53.4 Å². The quantitative estimate of drug-likeness (QED) is 0.448. The first-order chi connectivity index (χ1) is 14.6. The molecule has 3 N–H and O–H groups in total. The SMILES string of the molecule is Cc1ccc2nc(Sc3ccc(C4c5cn[nH]c5NC5CCC(=O)CC54)o3)[nH]c2c1. The first-order valence-electron chi connectivity index (χ1n) is 10.2. The Bertz CT molecular complexity index is 1260. The zero-order chi connectivity index (χ0) is 20.2. The van der Waals surface area contributed by atoms with E-state index >= 15 is 0 Å². The molecule has 0 amide bonds. The van der Waals surface area contributed by atoms with Crippen molar-refractivity contribution in [3.63, 3.8) is 0 Å². The zero-order valence-corrected chi connectivity index (χ0v) is 17.3. The third-order valence-corrected chi connectivity index (χ3v) is 7.00. The number of fused-ring (bicyclic) bond motifs is 3. The molecule has 4 aromatic rings. The minimum absolute atomic E-state index is 0.0157. The van der Waals surface area contributed by atoms with Crippen molar-refractivity contribution >= 4 is 34.4 Å². The summed E-state index contributed by atoms with van der Waals surface area (Å²) in [5.41, 5.74) is 4.23. The molecule has 152 valence electrons. The number of Topliss-reactive ketones (excluding diaryl/α,β-unsaturated/α-hetero) is 1. The van der Waals surface area contributed by atoms with Crippen LogP contribution in [0.15, 0.2) is 51.2 Å². The molecule has 7 nitrogen and oxygen atoms in total. The van der Waals surface area contributed by atoms with E-state index in [0.29, 0.717) is 18.6 Å². The van der Waals surface area contributed by atoms with E-state index in [-0.39, 0.29) is 17.9 Å². The second-order valence-electron chi connectivity index (χ2n) is 8.20. The lowest BCUT2D eigenvalue weighted by Crippen LogP contribution is -2.42. The number of H-pyrrole nitrogens is 2. The van der Waals surface area contributed by atoms with Crippen molar-refractivity contribution in [2.45, 2.75) is 48.4 Å². The van der Waals surface area contributed by atoms with Crippen LogP contribution in [-0.4, -0.2) is 32.0 Å². The Morgan fingerprint density at radius 2 is 2.17 bits per heavy atom. The fraction of sp³-hybridized carbons (Fsp3) is 0.318. The van der Waals surface area contributed by atoms with Crippen molar-refractivity contribution in [1.82, 2.24) is 20.2 Å². The summed E-state index contributed by atoms with van der Waals surface area (Å²) >= 11 is 1.48. The van der Waals surface area contributed by atoms with Crippen molar-refractivity contribution in [1.29, 1.82) is 0 Å². The third-order valence-electron chi connectivity index (χ3n) is 6.20. The van der Waals surface area contributed by atoms with Gasteiger partial charge in [0.15, 0.2) is 10.2 Å². The van der Waals surface area contributed by atoms with Gasteiger partial charge in [-0.2, -0.15) is 5.10 Å². The standard InChI is InChI=1S/C22H21N5O2S/c1-11-2-4-16-17(8-11)26-22(25-16)30-19-7-6-18(29-19)20-13-9-12(28)3-5-15(13)24-21-14(20)10-23-27-21/h2,4,6-8,10,13,15,20H,3,5,9H2,1H3,(H,25,26)(H2,23,24,27). The summed E-state index contributed by atoms with van der Waals surface area (Å²) < 4.78 is 6.28. The molecule has 1 aliphatic carbocycles. The lowest BCUT2D eigenvalue weighted by atomic mass is 9.70. The van der Waals surface area contributed by atoms with Gasteiger partial charge in [-0.25, -0.2) is 4.98 Å². The minimum atomic E-state index is 0.0157. The number of ketones is 1. The van der Waals surface area contributed by atoms with Crippen LogP contribution < -0.4 is 5.32 Å². The van der Waals surface area contributed by atoms with Gasteiger partial charge in [0, 0.05) is 30.4 Å². The number of benzene rings is 1. The van der Waals surface area contributed by atoms with Gasteiger partial charge >= 0.3 is 0 Å². The van der Waals surface area contributed by atoms with Gasteiger partial charge in [-0.1, -0.05) is 6.07 Å². The Hall–Kier alpha value is -3.00. The fourth-order valence-corrected chi connectivity index (χ4v) is 5.56. The number of imidazole rings is 1. The summed E-state index contributed by atoms with van der Waals surface area (Å²) in [7, 11) is 0. The molecule has 4 heterocycles. The second kappa shape index (κ2) is 6.77. The molecular weight excluding hydrogens is 398 g/mol. The number of furan rings is 1. The number of nitrogens with one attached hydrogen (secondary N) is 3. The molecule has 1 aromatic carbocycles. The van der Waals surface area contributed by atoms with E-state index in [2.05, 4.69) is 44.5 Å². The van der Waals surface area contributed by atoms with Crippen LogP contribution in [0.2, 0.25) is 0 Å². The van der Waals surface area contributed by atoms with Crippen LogP contribution in [0.3, 0.4) is 0 Å².